The Morgan fingerprint density at radius 3 is 2.53 bits per heavy atom. The van der Waals surface area contributed by atoms with Crippen LogP contribution in [-0.4, -0.2) is 54.1 Å². The molecule has 0 aromatic carbocycles. The normalized spacial score (nSPS) is 16.3. The summed E-state index contributed by atoms with van der Waals surface area (Å²) in [7, 11) is 0. The van der Waals surface area contributed by atoms with Crippen LogP contribution in [0.3, 0.4) is 0 Å². The molecule has 0 saturated carbocycles. The van der Waals surface area contributed by atoms with Crippen molar-refractivity contribution < 1.29 is 0 Å². The fourth-order valence-electron chi connectivity index (χ4n) is 2.05. The molecule has 2 N–H and O–H groups in total. The van der Waals surface area contributed by atoms with Crippen molar-refractivity contribution in [3.63, 3.8) is 0 Å². The molecule has 1 aromatic rings. The highest BCUT2D eigenvalue weighted by atomic mass is 32.2. The van der Waals surface area contributed by atoms with E-state index in [4.69, 9.17) is 0 Å². The molecule has 0 atom stereocenters. The van der Waals surface area contributed by atoms with Gasteiger partial charge < -0.3 is 10.6 Å². The summed E-state index contributed by atoms with van der Waals surface area (Å²) in [5.74, 6) is 4.47. The molecule has 1 aliphatic rings. The van der Waals surface area contributed by atoms with E-state index in [1.807, 2.05) is 18.2 Å². The van der Waals surface area contributed by atoms with E-state index in [2.05, 4.69) is 39.2 Å². The van der Waals surface area contributed by atoms with E-state index in [1.165, 1.54) is 24.6 Å². The van der Waals surface area contributed by atoms with Crippen molar-refractivity contribution >= 4 is 23.4 Å². The Bertz CT molecular complexity index is 366. The van der Waals surface area contributed by atoms with E-state index in [9.17, 15) is 0 Å². The molecule has 1 saturated heterocycles. The molecule has 0 amide bonds. The van der Waals surface area contributed by atoms with Gasteiger partial charge in [-0.2, -0.15) is 11.8 Å². The molecule has 0 aliphatic carbocycles. The monoisotopic (exact) mass is 280 g/mol. The molecular formula is C14H24N4S. The topological polar surface area (TPSA) is 40.2 Å². The molecule has 2 rings (SSSR count). The third kappa shape index (κ3) is 5.28. The Balaban J connectivity index is 1.72. The average Bonchev–Trinajstić information content (AvgIpc) is 2.47. The maximum atomic E-state index is 4.55. The largest absolute Gasteiger partial charge is 0.370 e. The smallest absolute Gasteiger partial charge is 0.128 e. The fourth-order valence-corrected chi connectivity index (χ4v) is 3.03. The summed E-state index contributed by atoms with van der Waals surface area (Å²) < 4.78 is 0. The molecule has 0 unspecified atom stereocenters. The Hall–Kier alpha value is -0.940. The summed E-state index contributed by atoms with van der Waals surface area (Å²) in [6, 6.07) is 6.09. The van der Waals surface area contributed by atoms with E-state index in [1.54, 1.807) is 0 Å². The van der Waals surface area contributed by atoms with Crippen molar-refractivity contribution in [3.05, 3.63) is 18.2 Å². The van der Waals surface area contributed by atoms with Crippen molar-refractivity contribution in [3.8, 4) is 0 Å². The predicted octanol–water partition coefficient (Wildman–Crippen LogP) is 2.36. The summed E-state index contributed by atoms with van der Waals surface area (Å²) in [6.45, 7) is 7.65. The molecule has 19 heavy (non-hydrogen) atoms. The first-order valence-electron chi connectivity index (χ1n) is 7.13. The van der Waals surface area contributed by atoms with Crippen LogP contribution in [0.25, 0.3) is 0 Å². The SMILES string of the molecule is CCCNc1cccc(NCCN2CCSCC2)n1. The summed E-state index contributed by atoms with van der Waals surface area (Å²) in [5.41, 5.74) is 0. The van der Waals surface area contributed by atoms with Crippen molar-refractivity contribution in [1.82, 2.24) is 9.88 Å². The zero-order valence-corrected chi connectivity index (χ0v) is 12.5. The second-order valence-corrected chi connectivity index (χ2v) is 5.94. The van der Waals surface area contributed by atoms with Crippen LogP contribution in [0.5, 0.6) is 0 Å². The third-order valence-corrected chi connectivity index (χ3v) is 4.09. The molecule has 1 aromatic heterocycles. The first-order valence-corrected chi connectivity index (χ1v) is 8.29. The van der Waals surface area contributed by atoms with Gasteiger partial charge in [-0.1, -0.05) is 13.0 Å². The van der Waals surface area contributed by atoms with Crippen molar-refractivity contribution in [2.75, 3.05) is 54.9 Å². The highest BCUT2D eigenvalue weighted by Crippen LogP contribution is 2.10. The molecule has 1 aliphatic heterocycles. The van der Waals surface area contributed by atoms with Gasteiger partial charge in [-0.15, -0.1) is 0 Å². The van der Waals surface area contributed by atoms with Gasteiger partial charge in [0.05, 0.1) is 0 Å². The lowest BCUT2D eigenvalue weighted by Gasteiger charge is -2.26. The molecule has 2 heterocycles. The van der Waals surface area contributed by atoms with Crippen molar-refractivity contribution in [1.29, 1.82) is 0 Å². The van der Waals surface area contributed by atoms with Gasteiger partial charge in [-0.3, -0.25) is 4.90 Å². The van der Waals surface area contributed by atoms with Crippen molar-refractivity contribution in [2.45, 2.75) is 13.3 Å². The zero-order valence-electron chi connectivity index (χ0n) is 11.7. The maximum Gasteiger partial charge on any atom is 0.128 e. The maximum absolute atomic E-state index is 4.55. The van der Waals surface area contributed by atoms with E-state index in [0.717, 1.165) is 37.7 Å². The minimum atomic E-state index is 0.959. The van der Waals surface area contributed by atoms with Gasteiger partial charge in [0.15, 0.2) is 0 Å². The number of pyridine rings is 1. The van der Waals surface area contributed by atoms with Gasteiger partial charge >= 0.3 is 0 Å². The van der Waals surface area contributed by atoms with Crippen LogP contribution in [-0.2, 0) is 0 Å². The highest BCUT2D eigenvalue weighted by molar-refractivity contribution is 7.99. The zero-order chi connectivity index (χ0) is 13.3. The lowest BCUT2D eigenvalue weighted by atomic mass is 10.4. The molecule has 1 fully saturated rings. The molecule has 4 nitrogen and oxygen atoms in total. The van der Waals surface area contributed by atoms with Gasteiger partial charge in [-0.05, 0) is 18.6 Å². The van der Waals surface area contributed by atoms with Gasteiger partial charge in [0.25, 0.3) is 0 Å². The van der Waals surface area contributed by atoms with E-state index < -0.39 is 0 Å². The Kier molecular flexibility index (Phi) is 6.30. The number of hydrogen-bond donors (Lipinski definition) is 2. The second-order valence-electron chi connectivity index (χ2n) is 4.72. The molecular weight excluding hydrogens is 256 g/mol. The Morgan fingerprint density at radius 2 is 1.84 bits per heavy atom. The quantitative estimate of drug-likeness (QED) is 0.802. The first kappa shape index (κ1) is 14.5. The number of nitrogens with zero attached hydrogens (tertiary/aromatic N) is 2. The number of nitrogens with one attached hydrogen (secondary N) is 2. The van der Waals surface area contributed by atoms with Crippen LogP contribution in [0.1, 0.15) is 13.3 Å². The number of hydrogen-bond acceptors (Lipinski definition) is 5. The summed E-state index contributed by atoms with van der Waals surface area (Å²) in [4.78, 5) is 7.06. The van der Waals surface area contributed by atoms with Gasteiger partial charge in [-0.25, -0.2) is 4.98 Å². The first-order chi connectivity index (χ1) is 9.38. The van der Waals surface area contributed by atoms with E-state index in [-0.39, 0.29) is 0 Å². The Labute approximate surface area is 120 Å². The molecule has 0 radical (unpaired) electrons. The summed E-state index contributed by atoms with van der Waals surface area (Å²) >= 11 is 2.06. The average molecular weight is 280 g/mol. The minimum absolute atomic E-state index is 0.959. The third-order valence-electron chi connectivity index (χ3n) is 3.14. The van der Waals surface area contributed by atoms with Crippen LogP contribution in [0, 0.1) is 0 Å². The lowest BCUT2D eigenvalue weighted by Crippen LogP contribution is -2.36. The molecule has 5 heteroatoms. The minimum Gasteiger partial charge on any atom is -0.370 e. The van der Waals surface area contributed by atoms with Gasteiger partial charge in [0, 0.05) is 44.2 Å². The van der Waals surface area contributed by atoms with Crippen LogP contribution < -0.4 is 10.6 Å². The standard InChI is InChI=1S/C14H24N4S/c1-2-6-15-13-4-3-5-14(17-13)16-7-8-18-9-11-19-12-10-18/h3-5H,2,6-12H2,1H3,(H2,15,16,17). The number of aromatic nitrogens is 1. The van der Waals surface area contributed by atoms with E-state index >= 15 is 0 Å². The highest BCUT2D eigenvalue weighted by Gasteiger charge is 2.09. The molecule has 0 spiro atoms. The van der Waals surface area contributed by atoms with Gasteiger partial charge in [0.1, 0.15) is 11.6 Å². The Morgan fingerprint density at radius 1 is 1.16 bits per heavy atom. The van der Waals surface area contributed by atoms with Crippen LogP contribution in [0.4, 0.5) is 11.6 Å². The van der Waals surface area contributed by atoms with Crippen LogP contribution in [0.2, 0.25) is 0 Å². The van der Waals surface area contributed by atoms with Crippen molar-refractivity contribution in [2.24, 2.45) is 0 Å². The fraction of sp³-hybridized carbons (Fsp3) is 0.643. The van der Waals surface area contributed by atoms with Crippen LogP contribution >= 0.6 is 11.8 Å². The number of rotatable bonds is 7. The number of anilines is 2. The second kappa shape index (κ2) is 8.27. The molecule has 106 valence electrons. The predicted molar refractivity (Wildman–Crippen MR) is 85.3 cm³/mol. The van der Waals surface area contributed by atoms with Crippen LogP contribution in [0.15, 0.2) is 18.2 Å². The molecule has 0 bridgehead atoms. The van der Waals surface area contributed by atoms with E-state index in [0.29, 0.717) is 0 Å². The van der Waals surface area contributed by atoms with Gasteiger partial charge in [0.2, 0.25) is 0 Å². The number of thioether (sulfide) groups is 1. The summed E-state index contributed by atoms with van der Waals surface area (Å²) in [6.07, 6.45) is 1.12. The lowest BCUT2D eigenvalue weighted by molar-refractivity contribution is 0.314. The summed E-state index contributed by atoms with van der Waals surface area (Å²) in [5, 5.41) is 6.72.